The molecule has 102 valence electrons. The number of nitrogens with one attached hydrogen (secondary N) is 1. The van der Waals surface area contributed by atoms with Crippen LogP contribution in [0.5, 0.6) is 0 Å². The SMILES string of the molecule is CCNC(c1ccc(C)c(Cl)c1)c1ccoc1CC. The summed E-state index contributed by atoms with van der Waals surface area (Å²) in [5.74, 6) is 1.03. The zero-order valence-corrected chi connectivity index (χ0v) is 12.4. The van der Waals surface area contributed by atoms with Crippen molar-refractivity contribution in [1.82, 2.24) is 5.32 Å². The first kappa shape index (κ1) is 14.2. The standard InChI is InChI=1S/C16H20ClNO/c1-4-15-13(8-9-19-15)16(18-5-2)12-7-6-11(3)14(17)10-12/h6-10,16,18H,4-5H2,1-3H3. The third-order valence-corrected chi connectivity index (χ3v) is 3.76. The molecular formula is C16H20ClNO. The molecule has 2 rings (SSSR count). The molecule has 0 aliphatic heterocycles. The van der Waals surface area contributed by atoms with Crippen LogP contribution in [0.2, 0.25) is 5.02 Å². The first-order valence-corrected chi connectivity index (χ1v) is 7.10. The number of hydrogen-bond donors (Lipinski definition) is 1. The van der Waals surface area contributed by atoms with Crippen LogP contribution in [0.3, 0.4) is 0 Å². The Morgan fingerprint density at radius 2 is 2.05 bits per heavy atom. The molecule has 1 unspecified atom stereocenters. The molecule has 0 fully saturated rings. The molecular weight excluding hydrogens is 258 g/mol. The monoisotopic (exact) mass is 277 g/mol. The normalized spacial score (nSPS) is 12.6. The van der Waals surface area contributed by atoms with E-state index in [2.05, 4.69) is 31.3 Å². The highest BCUT2D eigenvalue weighted by molar-refractivity contribution is 6.31. The van der Waals surface area contributed by atoms with Crippen molar-refractivity contribution in [1.29, 1.82) is 0 Å². The first-order chi connectivity index (χ1) is 9.17. The topological polar surface area (TPSA) is 25.2 Å². The summed E-state index contributed by atoms with van der Waals surface area (Å²) >= 11 is 6.24. The van der Waals surface area contributed by atoms with E-state index in [1.807, 2.05) is 19.1 Å². The van der Waals surface area contributed by atoms with Crippen LogP contribution in [0.15, 0.2) is 34.9 Å². The van der Waals surface area contributed by atoms with Crippen molar-refractivity contribution >= 4 is 11.6 Å². The molecule has 0 bridgehead atoms. The van der Waals surface area contributed by atoms with Gasteiger partial charge in [0.05, 0.1) is 12.3 Å². The van der Waals surface area contributed by atoms with E-state index in [1.54, 1.807) is 6.26 Å². The second-order valence-electron chi connectivity index (χ2n) is 4.65. The molecule has 3 heteroatoms. The number of aryl methyl sites for hydroxylation is 2. The van der Waals surface area contributed by atoms with Crippen molar-refractivity contribution in [3.8, 4) is 0 Å². The lowest BCUT2D eigenvalue weighted by Gasteiger charge is -2.19. The van der Waals surface area contributed by atoms with Crippen molar-refractivity contribution in [2.24, 2.45) is 0 Å². The van der Waals surface area contributed by atoms with Gasteiger partial charge >= 0.3 is 0 Å². The van der Waals surface area contributed by atoms with Gasteiger partial charge in [0.1, 0.15) is 5.76 Å². The highest BCUT2D eigenvalue weighted by atomic mass is 35.5. The zero-order chi connectivity index (χ0) is 13.8. The van der Waals surface area contributed by atoms with Crippen molar-refractivity contribution in [3.05, 3.63) is 58.0 Å². The van der Waals surface area contributed by atoms with Crippen LogP contribution in [-0.4, -0.2) is 6.54 Å². The molecule has 1 atom stereocenters. The van der Waals surface area contributed by atoms with Crippen LogP contribution in [0, 0.1) is 6.92 Å². The maximum Gasteiger partial charge on any atom is 0.108 e. The molecule has 2 nitrogen and oxygen atoms in total. The maximum absolute atomic E-state index is 6.24. The number of rotatable bonds is 5. The van der Waals surface area contributed by atoms with E-state index in [9.17, 15) is 0 Å². The first-order valence-electron chi connectivity index (χ1n) is 6.73. The van der Waals surface area contributed by atoms with Gasteiger partial charge in [0, 0.05) is 17.0 Å². The number of halogens is 1. The van der Waals surface area contributed by atoms with Crippen LogP contribution < -0.4 is 5.32 Å². The fourth-order valence-corrected chi connectivity index (χ4v) is 2.48. The average molecular weight is 278 g/mol. The molecule has 1 aromatic heterocycles. The summed E-state index contributed by atoms with van der Waals surface area (Å²) in [6, 6.07) is 8.41. The van der Waals surface area contributed by atoms with Gasteiger partial charge in [-0.15, -0.1) is 0 Å². The van der Waals surface area contributed by atoms with Gasteiger partial charge < -0.3 is 9.73 Å². The van der Waals surface area contributed by atoms with E-state index in [4.69, 9.17) is 16.0 Å². The fraction of sp³-hybridized carbons (Fsp3) is 0.375. The highest BCUT2D eigenvalue weighted by Gasteiger charge is 2.18. The average Bonchev–Trinajstić information content (AvgIpc) is 2.87. The summed E-state index contributed by atoms with van der Waals surface area (Å²) in [6.07, 6.45) is 2.65. The third-order valence-electron chi connectivity index (χ3n) is 3.35. The van der Waals surface area contributed by atoms with Crippen LogP contribution in [0.1, 0.15) is 42.3 Å². The molecule has 19 heavy (non-hydrogen) atoms. The molecule has 0 aliphatic carbocycles. The summed E-state index contributed by atoms with van der Waals surface area (Å²) in [5.41, 5.74) is 3.47. The summed E-state index contributed by atoms with van der Waals surface area (Å²) in [6.45, 7) is 7.12. The Bertz CT molecular complexity index is 547. The minimum Gasteiger partial charge on any atom is -0.469 e. The zero-order valence-electron chi connectivity index (χ0n) is 11.7. The number of benzene rings is 1. The van der Waals surface area contributed by atoms with Crippen molar-refractivity contribution in [2.45, 2.75) is 33.2 Å². The van der Waals surface area contributed by atoms with Gasteiger partial charge in [-0.05, 0) is 36.7 Å². The highest BCUT2D eigenvalue weighted by Crippen LogP contribution is 2.29. The Labute approximate surface area is 119 Å². The molecule has 0 saturated heterocycles. The Kier molecular flexibility index (Phi) is 4.67. The molecule has 0 spiro atoms. The lowest BCUT2D eigenvalue weighted by molar-refractivity contribution is 0.502. The summed E-state index contributed by atoms with van der Waals surface area (Å²) in [7, 11) is 0. The van der Waals surface area contributed by atoms with Crippen molar-refractivity contribution in [2.75, 3.05) is 6.54 Å². The van der Waals surface area contributed by atoms with Crippen molar-refractivity contribution in [3.63, 3.8) is 0 Å². The summed E-state index contributed by atoms with van der Waals surface area (Å²) < 4.78 is 5.54. The quantitative estimate of drug-likeness (QED) is 0.870. The molecule has 0 saturated carbocycles. The molecule has 1 aromatic carbocycles. The summed E-state index contributed by atoms with van der Waals surface area (Å²) in [5, 5.41) is 4.31. The largest absolute Gasteiger partial charge is 0.469 e. The molecule has 1 heterocycles. The van der Waals surface area contributed by atoms with E-state index >= 15 is 0 Å². The molecule has 0 amide bonds. The lowest BCUT2D eigenvalue weighted by Crippen LogP contribution is -2.22. The minimum absolute atomic E-state index is 0.136. The van der Waals surface area contributed by atoms with Crippen molar-refractivity contribution < 1.29 is 4.42 Å². The predicted molar refractivity (Wildman–Crippen MR) is 79.8 cm³/mol. The predicted octanol–water partition coefficient (Wildman–Crippen LogP) is 4.50. The number of furan rings is 1. The Balaban J connectivity index is 2.42. The lowest BCUT2D eigenvalue weighted by atomic mass is 9.97. The molecule has 1 N–H and O–H groups in total. The Morgan fingerprint density at radius 3 is 2.68 bits per heavy atom. The van der Waals surface area contributed by atoms with Gasteiger partial charge in [0.25, 0.3) is 0 Å². The number of hydrogen-bond acceptors (Lipinski definition) is 2. The van der Waals surface area contributed by atoms with Crippen LogP contribution in [0.25, 0.3) is 0 Å². The van der Waals surface area contributed by atoms with Crippen LogP contribution in [-0.2, 0) is 6.42 Å². The molecule has 0 radical (unpaired) electrons. The Hall–Kier alpha value is -1.25. The second kappa shape index (κ2) is 6.27. The fourth-order valence-electron chi connectivity index (χ4n) is 2.30. The second-order valence-corrected chi connectivity index (χ2v) is 5.06. The van der Waals surface area contributed by atoms with Gasteiger partial charge in [0.2, 0.25) is 0 Å². The van der Waals surface area contributed by atoms with E-state index in [-0.39, 0.29) is 6.04 Å². The van der Waals surface area contributed by atoms with Gasteiger partial charge in [0.15, 0.2) is 0 Å². The van der Waals surface area contributed by atoms with Gasteiger partial charge in [-0.25, -0.2) is 0 Å². The van der Waals surface area contributed by atoms with E-state index < -0.39 is 0 Å². The smallest absolute Gasteiger partial charge is 0.108 e. The van der Waals surface area contributed by atoms with E-state index in [0.29, 0.717) is 0 Å². The van der Waals surface area contributed by atoms with E-state index in [1.165, 1.54) is 11.1 Å². The minimum atomic E-state index is 0.136. The van der Waals surface area contributed by atoms with Crippen LogP contribution >= 0.6 is 11.6 Å². The van der Waals surface area contributed by atoms with Gasteiger partial charge in [-0.3, -0.25) is 0 Å². The Morgan fingerprint density at radius 1 is 1.26 bits per heavy atom. The molecule has 0 aliphatic rings. The maximum atomic E-state index is 6.24. The van der Waals surface area contributed by atoms with Gasteiger partial charge in [-0.1, -0.05) is 37.6 Å². The third kappa shape index (κ3) is 3.02. The van der Waals surface area contributed by atoms with Gasteiger partial charge in [-0.2, -0.15) is 0 Å². The molecule has 2 aromatic rings. The van der Waals surface area contributed by atoms with Crippen LogP contribution in [0.4, 0.5) is 0 Å². The van der Waals surface area contributed by atoms with E-state index in [0.717, 1.165) is 29.3 Å². The summed E-state index contributed by atoms with van der Waals surface area (Å²) in [4.78, 5) is 0.